The first-order valence-corrected chi connectivity index (χ1v) is 7.81. The summed E-state index contributed by atoms with van der Waals surface area (Å²) in [5.41, 5.74) is 2.27. The number of unbranched alkanes of at least 4 members (excludes halogenated alkanes) is 1. The summed E-state index contributed by atoms with van der Waals surface area (Å²) in [6.45, 7) is 9.46. The fraction of sp³-hybridized carbons (Fsp3) is 0.688. The Morgan fingerprint density at radius 1 is 1.38 bits per heavy atom. The maximum absolute atomic E-state index is 11.1. The third-order valence-corrected chi connectivity index (χ3v) is 4.03. The summed E-state index contributed by atoms with van der Waals surface area (Å²) in [7, 11) is 0. The van der Waals surface area contributed by atoms with Gasteiger partial charge in [-0.15, -0.1) is 0 Å². The third kappa shape index (κ3) is 5.08. The van der Waals surface area contributed by atoms with Crippen molar-refractivity contribution in [3.05, 3.63) is 33.1 Å². The number of pyridine rings is 1. The molecule has 0 radical (unpaired) electrons. The number of aryl methyl sites for hydroxylation is 1. The lowest BCUT2D eigenvalue weighted by Crippen LogP contribution is -2.23. The highest BCUT2D eigenvalue weighted by atomic mass is 16.6. The van der Waals surface area contributed by atoms with Crippen molar-refractivity contribution in [1.82, 2.24) is 10.3 Å². The van der Waals surface area contributed by atoms with Crippen LogP contribution >= 0.6 is 0 Å². The molecule has 0 aliphatic heterocycles. The fourth-order valence-electron chi connectivity index (χ4n) is 2.56. The average Bonchev–Trinajstić information content (AvgIpc) is 2.44. The smallest absolute Gasteiger partial charge is 0.278 e. The van der Waals surface area contributed by atoms with Crippen molar-refractivity contribution >= 4 is 5.69 Å². The van der Waals surface area contributed by atoms with Crippen molar-refractivity contribution in [3.8, 4) is 0 Å². The molecule has 1 rings (SSSR count). The Bertz CT molecular complexity index is 475. The lowest BCUT2D eigenvalue weighted by Gasteiger charge is -2.15. The zero-order chi connectivity index (χ0) is 15.8. The van der Waals surface area contributed by atoms with Crippen LogP contribution in [0.4, 0.5) is 5.69 Å². The molecule has 5 heteroatoms. The van der Waals surface area contributed by atoms with Crippen LogP contribution in [-0.2, 0) is 6.54 Å². The highest BCUT2D eigenvalue weighted by Crippen LogP contribution is 2.24. The molecule has 1 aromatic heterocycles. The van der Waals surface area contributed by atoms with Crippen LogP contribution in [0.2, 0.25) is 0 Å². The molecule has 0 amide bonds. The second-order valence-corrected chi connectivity index (χ2v) is 5.67. The first-order chi connectivity index (χ1) is 10.0. The summed E-state index contributed by atoms with van der Waals surface area (Å²) in [6, 6.07) is 0. The van der Waals surface area contributed by atoms with E-state index in [4.69, 9.17) is 0 Å². The Morgan fingerprint density at radius 2 is 2.10 bits per heavy atom. The van der Waals surface area contributed by atoms with Gasteiger partial charge in [0.05, 0.1) is 10.6 Å². The minimum atomic E-state index is -0.314. The van der Waals surface area contributed by atoms with Gasteiger partial charge in [0.25, 0.3) is 5.69 Å². The quantitative estimate of drug-likeness (QED) is 0.553. The number of nitro groups is 1. The van der Waals surface area contributed by atoms with Crippen molar-refractivity contribution in [2.75, 3.05) is 6.54 Å². The molecule has 0 aliphatic carbocycles. The zero-order valence-corrected chi connectivity index (χ0v) is 13.6. The van der Waals surface area contributed by atoms with Gasteiger partial charge < -0.3 is 5.32 Å². The summed E-state index contributed by atoms with van der Waals surface area (Å²) in [5, 5.41) is 14.5. The van der Waals surface area contributed by atoms with E-state index in [0.29, 0.717) is 23.6 Å². The van der Waals surface area contributed by atoms with Crippen molar-refractivity contribution in [3.63, 3.8) is 0 Å². The van der Waals surface area contributed by atoms with Gasteiger partial charge >= 0.3 is 0 Å². The van der Waals surface area contributed by atoms with E-state index >= 15 is 0 Å². The van der Waals surface area contributed by atoms with Crippen LogP contribution in [-0.4, -0.2) is 16.5 Å². The van der Waals surface area contributed by atoms with Crippen molar-refractivity contribution in [1.29, 1.82) is 0 Å². The summed E-state index contributed by atoms with van der Waals surface area (Å²) >= 11 is 0. The van der Waals surface area contributed by atoms with Gasteiger partial charge in [0.2, 0.25) is 0 Å². The number of hydrogen-bond acceptors (Lipinski definition) is 4. The summed E-state index contributed by atoms with van der Waals surface area (Å²) in [5.74, 6) is 0.672. The van der Waals surface area contributed by atoms with Gasteiger partial charge in [0.15, 0.2) is 0 Å². The SMILES string of the molecule is CCCCC(CC)CNCc1ncc(C)c([N+](=O)[O-])c1C. The first kappa shape index (κ1) is 17.6. The molecule has 5 nitrogen and oxygen atoms in total. The second kappa shape index (κ2) is 8.72. The molecular weight excluding hydrogens is 266 g/mol. The van der Waals surface area contributed by atoms with Gasteiger partial charge in [0.1, 0.15) is 0 Å². The molecule has 1 N–H and O–H groups in total. The molecule has 0 saturated carbocycles. The van der Waals surface area contributed by atoms with Crippen molar-refractivity contribution in [2.24, 2.45) is 5.92 Å². The predicted molar refractivity (Wildman–Crippen MR) is 85.4 cm³/mol. The average molecular weight is 293 g/mol. The van der Waals surface area contributed by atoms with E-state index in [1.165, 1.54) is 19.3 Å². The number of aromatic nitrogens is 1. The summed E-state index contributed by atoms with van der Waals surface area (Å²) in [6.07, 6.45) is 6.47. The van der Waals surface area contributed by atoms with Crippen LogP contribution in [0, 0.1) is 29.9 Å². The molecular formula is C16H27N3O2. The highest BCUT2D eigenvalue weighted by molar-refractivity contribution is 5.47. The topological polar surface area (TPSA) is 68.1 Å². The Labute approximate surface area is 127 Å². The molecule has 21 heavy (non-hydrogen) atoms. The fourth-order valence-corrected chi connectivity index (χ4v) is 2.56. The van der Waals surface area contributed by atoms with Crippen molar-refractivity contribution < 1.29 is 4.92 Å². The lowest BCUT2D eigenvalue weighted by atomic mass is 9.99. The van der Waals surface area contributed by atoms with Gasteiger partial charge in [0, 0.05) is 23.9 Å². The molecule has 0 bridgehead atoms. The van der Waals surface area contributed by atoms with Gasteiger partial charge in [-0.05, 0) is 32.7 Å². The Hall–Kier alpha value is -1.49. The molecule has 0 aliphatic rings. The van der Waals surface area contributed by atoms with Crippen LogP contribution in [0.1, 0.15) is 56.4 Å². The Balaban J connectivity index is 2.63. The van der Waals surface area contributed by atoms with Gasteiger partial charge in [-0.2, -0.15) is 0 Å². The molecule has 1 aromatic rings. The number of rotatable bonds is 9. The standard InChI is InChI=1S/C16H27N3O2/c1-5-7-8-14(6-2)10-17-11-15-13(4)16(19(20)21)12(3)9-18-15/h9,14,17H,5-8,10-11H2,1-4H3. The molecule has 0 aromatic carbocycles. The van der Waals surface area contributed by atoms with Crippen LogP contribution in [0.15, 0.2) is 6.20 Å². The third-order valence-electron chi connectivity index (χ3n) is 4.03. The summed E-state index contributed by atoms with van der Waals surface area (Å²) in [4.78, 5) is 15.1. The zero-order valence-electron chi connectivity index (χ0n) is 13.6. The largest absolute Gasteiger partial charge is 0.311 e. The van der Waals surface area contributed by atoms with E-state index in [2.05, 4.69) is 24.1 Å². The van der Waals surface area contributed by atoms with E-state index in [9.17, 15) is 10.1 Å². The molecule has 118 valence electrons. The molecule has 1 heterocycles. The maximum atomic E-state index is 11.1. The first-order valence-electron chi connectivity index (χ1n) is 7.81. The Morgan fingerprint density at radius 3 is 2.67 bits per heavy atom. The van der Waals surface area contributed by atoms with Crippen LogP contribution in [0.5, 0.6) is 0 Å². The molecule has 1 unspecified atom stereocenters. The molecule has 1 atom stereocenters. The second-order valence-electron chi connectivity index (χ2n) is 5.67. The number of nitrogens with zero attached hydrogens (tertiary/aromatic N) is 2. The normalized spacial score (nSPS) is 12.4. The predicted octanol–water partition coefficient (Wildman–Crippen LogP) is 3.91. The minimum Gasteiger partial charge on any atom is -0.311 e. The number of nitrogens with one attached hydrogen (secondary N) is 1. The van der Waals surface area contributed by atoms with Crippen LogP contribution < -0.4 is 5.32 Å². The highest BCUT2D eigenvalue weighted by Gasteiger charge is 2.18. The molecule has 0 spiro atoms. The van der Waals surface area contributed by atoms with E-state index in [-0.39, 0.29) is 10.6 Å². The molecule has 0 saturated heterocycles. The lowest BCUT2D eigenvalue weighted by molar-refractivity contribution is -0.386. The van der Waals surface area contributed by atoms with E-state index in [1.54, 1.807) is 20.0 Å². The van der Waals surface area contributed by atoms with E-state index < -0.39 is 0 Å². The van der Waals surface area contributed by atoms with Crippen LogP contribution in [0.25, 0.3) is 0 Å². The van der Waals surface area contributed by atoms with Gasteiger partial charge in [-0.25, -0.2) is 0 Å². The van der Waals surface area contributed by atoms with Gasteiger partial charge in [-0.1, -0.05) is 33.1 Å². The summed E-state index contributed by atoms with van der Waals surface area (Å²) < 4.78 is 0. The van der Waals surface area contributed by atoms with Crippen LogP contribution in [0.3, 0.4) is 0 Å². The monoisotopic (exact) mass is 293 g/mol. The van der Waals surface area contributed by atoms with Gasteiger partial charge in [-0.3, -0.25) is 15.1 Å². The van der Waals surface area contributed by atoms with Crippen molar-refractivity contribution in [2.45, 2.75) is 59.9 Å². The maximum Gasteiger partial charge on any atom is 0.278 e. The van der Waals surface area contributed by atoms with E-state index in [1.807, 2.05) is 0 Å². The minimum absolute atomic E-state index is 0.194. The number of hydrogen-bond donors (Lipinski definition) is 1. The van der Waals surface area contributed by atoms with E-state index in [0.717, 1.165) is 18.7 Å². The molecule has 0 fully saturated rings. The Kier molecular flexibility index (Phi) is 7.29.